The summed E-state index contributed by atoms with van der Waals surface area (Å²) in [5.41, 5.74) is 1.61. The molecule has 3 heterocycles. The molecule has 0 bridgehead atoms. The van der Waals surface area contributed by atoms with Crippen LogP contribution < -0.4 is 0 Å². The van der Waals surface area contributed by atoms with E-state index in [1.54, 1.807) is 18.5 Å². The Morgan fingerprint density at radius 3 is 2.95 bits per heavy atom. The molecule has 1 aliphatic rings. The number of carbonyl (C=O) groups excluding carboxylic acids is 1. The third-order valence-electron chi connectivity index (χ3n) is 3.76. The van der Waals surface area contributed by atoms with Crippen LogP contribution in [0.5, 0.6) is 0 Å². The average molecular weight is 283 g/mol. The average Bonchev–Trinajstić information content (AvgIpc) is 2.55. The first-order valence-electron chi connectivity index (χ1n) is 7.09. The normalized spacial score (nSPS) is 18.5. The van der Waals surface area contributed by atoms with Gasteiger partial charge in [-0.05, 0) is 31.9 Å². The first-order chi connectivity index (χ1) is 10.2. The minimum absolute atomic E-state index is 0.0142. The second-order valence-electron chi connectivity index (χ2n) is 5.25. The molecule has 1 amide bonds. The molecule has 0 N–H and O–H groups in total. The second-order valence-corrected chi connectivity index (χ2v) is 5.25. The standard InChI is InChI=1S/C15H17N5O/c1-11-16-6-5-14(19-11)13-3-2-8-20(10-13)15(21)12-4-7-17-18-9-12/h4-7,9,13H,2-3,8,10H2,1H3/t13-/m1/s1. The molecule has 2 aromatic rings. The maximum Gasteiger partial charge on any atom is 0.255 e. The lowest BCUT2D eigenvalue weighted by Crippen LogP contribution is -2.39. The highest BCUT2D eigenvalue weighted by atomic mass is 16.2. The molecule has 6 nitrogen and oxygen atoms in total. The van der Waals surface area contributed by atoms with E-state index >= 15 is 0 Å². The maximum absolute atomic E-state index is 12.5. The quantitative estimate of drug-likeness (QED) is 0.837. The predicted octanol–water partition coefficient (Wildman–Crippen LogP) is 1.59. The molecule has 3 rings (SSSR count). The molecule has 1 atom stereocenters. The van der Waals surface area contributed by atoms with Crippen LogP contribution in [-0.2, 0) is 0 Å². The van der Waals surface area contributed by atoms with Gasteiger partial charge in [0.2, 0.25) is 0 Å². The molecule has 1 fully saturated rings. The van der Waals surface area contributed by atoms with Gasteiger partial charge in [-0.25, -0.2) is 9.97 Å². The molecule has 21 heavy (non-hydrogen) atoms. The summed E-state index contributed by atoms with van der Waals surface area (Å²) in [5, 5.41) is 7.48. The van der Waals surface area contributed by atoms with Crippen LogP contribution in [0.4, 0.5) is 0 Å². The van der Waals surface area contributed by atoms with Crippen LogP contribution in [0, 0.1) is 6.92 Å². The van der Waals surface area contributed by atoms with Crippen LogP contribution >= 0.6 is 0 Å². The third-order valence-corrected chi connectivity index (χ3v) is 3.76. The minimum Gasteiger partial charge on any atom is -0.338 e. The zero-order valence-electron chi connectivity index (χ0n) is 11.9. The van der Waals surface area contributed by atoms with Crippen LogP contribution in [0.25, 0.3) is 0 Å². The monoisotopic (exact) mass is 283 g/mol. The van der Waals surface area contributed by atoms with Crippen molar-refractivity contribution >= 4 is 5.91 Å². The van der Waals surface area contributed by atoms with Crippen LogP contribution in [0.15, 0.2) is 30.7 Å². The summed E-state index contributed by atoms with van der Waals surface area (Å²) >= 11 is 0. The van der Waals surface area contributed by atoms with Crippen molar-refractivity contribution in [1.29, 1.82) is 0 Å². The predicted molar refractivity (Wildman–Crippen MR) is 76.7 cm³/mol. The van der Waals surface area contributed by atoms with E-state index in [0.717, 1.165) is 30.9 Å². The highest BCUT2D eigenvalue weighted by molar-refractivity contribution is 5.93. The van der Waals surface area contributed by atoms with Crippen LogP contribution in [0.3, 0.4) is 0 Å². The SMILES string of the molecule is Cc1nccc([C@@H]2CCCN(C(=O)c3ccnnc3)C2)n1. The summed E-state index contributed by atoms with van der Waals surface area (Å²) in [4.78, 5) is 23.0. The van der Waals surface area contributed by atoms with Gasteiger partial charge in [-0.15, -0.1) is 0 Å². The zero-order chi connectivity index (χ0) is 14.7. The molecular formula is C15H17N5O. The van der Waals surface area contributed by atoms with Gasteiger partial charge in [-0.3, -0.25) is 4.79 Å². The van der Waals surface area contributed by atoms with Gasteiger partial charge < -0.3 is 4.90 Å². The van der Waals surface area contributed by atoms with E-state index in [0.29, 0.717) is 12.1 Å². The summed E-state index contributed by atoms with van der Waals surface area (Å²) in [6.07, 6.45) is 6.88. The first kappa shape index (κ1) is 13.6. The van der Waals surface area contributed by atoms with Gasteiger partial charge in [0.1, 0.15) is 5.82 Å². The Morgan fingerprint density at radius 1 is 1.29 bits per heavy atom. The summed E-state index contributed by atoms with van der Waals surface area (Å²) < 4.78 is 0. The van der Waals surface area contributed by atoms with Crippen molar-refractivity contribution in [3.63, 3.8) is 0 Å². The molecule has 0 spiro atoms. The summed E-state index contributed by atoms with van der Waals surface area (Å²) in [7, 11) is 0. The zero-order valence-corrected chi connectivity index (χ0v) is 11.9. The molecule has 0 aromatic carbocycles. The summed E-state index contributed by atoms with van der Waals surface area (Å²) in [6.45, 7) is 3.36. The molecular weight excluding hydrogens is 266 g/mol. The molecule has 108 valence electrons. The van der Waals surface area contributed by atoms with Gasteiger partial charge in [0.25, 0.3) is 5.91 Å². The molecule has 0 radical (unpaired) electrons. The van der Waals surface area contributed by atoms with Gasteiger partial charge in [0.05, 0.1) is 18.0 Å². The number of rotatable bonds is 2. The second kappa shape index (κ2) is 5.95. The summed E-state index contributed by atoms with van der Waals surface area (Å²) in [6, 6.07) is 3.65. The number of nitrogens with zero attached hydrogens (tertiary/aromatic N) is 5. The molecule has 0 saturated carbocycles. The fourth-order valence-electron chi connectivity index (χ4n) is 2.70. The van der Waals surface area contributed by atoms with Crippen molar-refractivity contribution < 1.29 is 4.79 Å². The van der Waals surface area contributed by atoms with E-state index in [2.05, 4.69) is 20.2 Å². The largest absolute Gasteiger partial charge is 0.338 e. The van der Waals surface area contributed by atoms with Crippen molar-refractivity contribution in [1.82, 2.24) is 25.1 Å². The summed E-state index contributed by atoms with van der Waals surface area (Å²) in [5.74, 6) is 1.06. The number of hydrogen-bond acceptors (Lipinski definition) is 5. The van der Waals surface area contributed by atoms with E-state index in [4.69, 9.17) is 0 Å². The number of amides is 1. The Hall–Kier alpha value is -2.37. The van der Waals surface area contributed by atoms with Gasteiger partial charge in [0, 0.05) is 30.9 Å². The van der Waals surface area contributed by atoms with Crippen molar-refractivity contribution in [3.8, 4) is 0 Å². The van der Waals surface area contributed by atoms with Crippen molar-refractivity contribution in [3.05, 3.63) is 47.8 Å². The Bertz CT molecular complexity index is 631. The van der Waals surface area contributed by atoms with Gasteiger partial charge in [-0.1, -0.05) is 0 Å². The van der Waals surface area contributed by atoms with Crippen molar-refractivity contribution in [2.45, 2.75) is 25.7 Å². The van der Waals surface area contributed by atoms with Gasteiger partial charge in [0.15, 0.2) is 0 Å². The van der Waals surface area contributed by atoms with E-state index in [-0.39, 0.29) is 11.8 Å². The number of piperidine rings is 1. The minimum atomic E-state index is 0.0142. The highest BCUT2D eigenvalue weighted by Gasteiger charge is 2.26. The van der Waals surface area contributed by atoms with Crippen molar-refractivity contribution in [2.24, 2.45) is 0 Å². The number of likely N-dealkylation sites (tertiary alicyclic amines) is 1. The lowest BCUT2D eigenvalue weighted by Gasteiger charge is -2.32. The van der Waals surface area contributed by atoms with E-state index in [9.17, 15) is 4.79 Å². The number of aryl methyl sites for hydroxylation is 1. The van der Waals surface area contributed by atoms with Gasteiger partial charge >= 0.3 is 0 Å². The third kappa shape index (κ3) is 3.04. The number of aromatic nitrogens is 4. The van der Waals surface area contributed by atoms with Crippen LogP contribution in [0.2, 0.25) is 0 Å². The molecule has 0 unspecified atom stereocenters. The molecule has 0 aliphatic carbocycles. The molecule has 1 aliphatic heterocycles. The lowest BCUT2D eigenvalue weighted by molar-refractivity contribution is 0.0705. The molecule has 6 heteroatoms. The fraction of sp³-hybridized carbons (Fsp3) is 0.400. The van der Waals surface area contributed by atoms with E-state index in [1.165, 1.54) is 6.20 Å². The highest BCUT2D eigenvalue weighted by Crippen LogP contribution is 2.26. The maximum atomic E-state index is 12.5. The first-order valence-corrected chi connectivity index (χ1v) is 7.09. The Kier molecular flexibility index (Phi) is 3.85. The number of hydrogen-bond donors (Lipinski definition) is 0. The topological polar surface area (TPSA) is 71.9 Å². The van der Waals surface area contributed by atoms with E-state index < -0.39 is 0 Å². The molecule has 2 aromatic heterocycles. The fourth-order valence-corrected chi connectivity index (χ4v) is 2.70. The van der Waals surface area contributed by atoms with E-state index in [1.807, 2.05) is 17.9 Å². The van der Waals surface area contributed by atoms with Gasteiger partial charge in [-0.2, -0.15) is 10.2 Å². The van der Waals surface area contributed by atoms with Crippen molar-refractivity contribution in [2.75, 3.05) is 13.1 Å². The smallest absolute Gasteiger partial charge is 0.255 e. The lowest BCUT2D eigenvalue weighted by atomic mass is 9.94. The Balaban J connectivity index is 1.75. The number of carbonyl (C=O) groups is 1. The van der Waals surface area contributed by atoms with Crippen LogP contribution in [-0.4, -0.2) is 44.1 Å². The van der Waals surface area contributed by atoms with Crippen LogP contribution in [0.1, 0.15) is 40.6 Å². The Labute approximate surface area is 123 Å². The Morgan fingerprint density at radius 2 is 2.19 bits per heavy atom. The molecule has 1 saturated heterocycles.